The number of rotatable bonds is 7. The van der Waals surface area contributed by atoms with Gasteiger partial charge in [-0.15, -0.1) is 16.4 Å². The number of nitrogens with one attached hydrogen (secondary N) is 2. The van der Waals surface area contributed by atoms with Crippen LogP contribution in [0.3, 0.4) is 0 Å². The van der Waals surface area contributed by atoms with Crippen molar-refractivity contribution in [2.45, 2.75) is 84.0 Å². The summed E-state index contributed by atoms with van der Waals surface area (Å²) >= 11 is 1.45. The molecule has 226 valence electrons. The number of aromatic nitrogens is 4. The largest absolute Gasteiger partial charge is 0.391 e. The third-order valence-electron chi connectivity index (χ3n) is 8.30. The van der Waals surface area contributed by atoms with Gasteiger partial charge in [-0.2, -0.15) is 0 Å². The number of aliphatic hydroxyl groups is 1. The lowest BCUT2D eigenvalue weighted by Gasteiger charge is -2.35. The van der Waals surface area contributed by atoms with Gasteiger partial charge in [-0.1, -0.05) is 38.1 Å². The van der Waals surface area contributed by atoms with Crippen molar-refractivity contribution >= 4 is 23.2 Å². The lowest BCUT2D eigenvalue weighted by atomic mass is 9.85. The molecule has 2 aromatic heterocycles. The van der Waals surface area contributed by atoms with Gasteiger partial charge in [-0.05, 0) is 56.8 Å². The molecule has 0 aliphatic carbocycles. The normalized spacial score (nSPS) is 21.4. The van der Waals surface area contributed by atoms with E-state index in [-0.39, 0.29) is 24.8 Å². The van der Waals surface area contributed by atoms with Crippen molar-refractivity contribution in [1.29, 1.82) is 0 Å². The van der Waals surface area contributed by atoms with Crippen molar-refractivity contribution in [2.75, 3.05) is 19.6 Å². The Labute approximate surface area is 249 Å². The Morgan fingerprint density at radius 2 is 1.98 bits per heavy atom. The number of carbonyl (C=O) groups is 2. The monoisotopic (exact) mass is 597 g/mol. The molecule has 2 fully saturated rings. The molecule has 2 aliphatic rings. The summed E-state index contributed by atoms with van der Waals surface area (Å²) in [6, 6.07) is 2.68. The van der Waals surface area contributed by atoms with Gasteiger partial charge in [-0.3, -0.25) is 9.59 Å². The summed E-state index contributed by atoms with van der Waals surface area (Å²) in [5, 5.41) is 25.6. The zero-order valence-corrected chi connectivity index (χ0v) is 25.6. The van der Waals surface area contributed by atoms with Gasteiger partial charge in [-0.25, -0.2) is 14.1 Å². The minimum atomic E-state index is -0.894. The maximum absolute atomic E-state index is 15.2. The second-order valence-electron chi connectivity index (χ2n) is 12.5. The number of aliphatic hydroxyl groups excluding tert-OH is 1. The lowest BCUT2D eigenvalue weighted by molar-refractivity contribution is -0.144. The molecule has 2 amide bonds. The molecule has 0 spiro atoms. The molecule has 0 radical (unpaired) electrons. The smallest absolute Gasteiger partial charge is 0.248 e. The van der Waals surface area contributed by atoms with Crippen LogP contribution in [-0.4, -0.2) is 73.6 Å². The van der Waals surface area contributed by atoms with E-state index in [9.17, 15) is 14.7 Å². The van der Waals surface area contributed by atoms with E-state index in [1.165, 1.54) is 22.3 Å². The van der Waals surface area contributed by atoms with Crippen LogP contribution in [0.2, 0.25) is 0 Å². The fourth-order valence-electron chi connectivity index (χ4n) is 6.05. The van der Waals surface area contributed by atoms with Gasteiger partial charge in [0.25, 0.3) is 0 Å². The first-order valence-corrected chi connectivity index (χ1v) is 15.4. The lowest BCUT2D eigenvalue weighted by Crippen LogP contribution is -2.50. The van der Waals surface area contributed by atoms with Crippen LogP contribution in [0, 0.1) is 18.2 Å². The maximum Gasteiger partial charge on any atom is 0.248 e. The maximum atomic E-state index is 15.2. The van der Waals surface area contributed by atoms with Crippen LogP contribution in [0.25, 0.3) is 10.4 Å². The number of benzene rings is 1. The minimum Gasteiger partial charge on any atom is -0.391 e. The van der Waals surface area contributed by atoms with Crippen LogP contribution in [0.4, 0.5) is 4.39 Å². The Hall–Kier alpha value is -3.22. The molecule has 2 aliphatic heterocycles. The molecule has 4 atom stereocenters. The summed E-state index contributed by atoms with van der Waals surface area (Å²) in [5.74, 6) is -0.888. The summed E-state index contributed by atoms with van der Waals surface area (Å²) in [4.78, 5) is 34.2. The number of hydrogen-bond donors (Lipinski definition) is 3. The first-order valence-electron chi connectivity index (χ1n) is 14.5. The molecule has 2 saturated heterocycles. The quantitative estimate of drug-likeness (QED) is 0.379. The van der Waals surface area contributed by atoms with E-state index in [2.05, 4.69) is 25.9 Å². The van der Waals surface area contributed by atoms with Crippen molar-refractivity contribution in [3.63, 3.8) is 0 Å². The number of amides is 2. The van der Waals surface area contributed by atoms with E-state index in [1.807, 2.05) is 40.0 Å². The van der Waals surface area contributed by atoms with Crippen LogP contribution in [-0.2, 0) is 9.59 Å². The van der Waals surface area contributed by atoms with Gasteiger partial charge in [0.05, 0.1) is 33.9 Å². The number of hydrogen-bond acceptors (Lipinski definition) is 8. The average molecular weight is 598 g/mol. The van der Waals surface area contributed by atoms with E-state index in [0.29, 0.717) is 5.56 Å². The minimum absolute atomic E-state index is 0.0327. The Bertz CT molecular complexity index is 1430. The van der Waals surface area contributed by atoms with E-state index in [0.717, 1.165) is 47.8 Å². The van der Waals surface area contributed by atoms with Gasteiger partial charge in [0.2, 0.25) is 11.8 Å². The van der Waals surface area contributed by atoms with Crippen molar-refractivity contribution in [3.8, 4) is 10.4 Å². The molecular weight excluding hydrogens is 557 g/mol. The summed E-state index contributed by atoms with van der Waals surface area (Å²) in [7, 11) is 0. The Kier molecular flexibility index (Phi) is 8.77. The van der Waals surface area contributed by atoms with Crippen molar-refractivity contribution in [3.05, 3.63) is 52.7 Å². The van der Waals surface area contributed by atoms with E-state index < -0.39 is 41.4 Å². The SMILES string of the molecule is Cc1ncsc1-c1ccc([C@H](C)NC(=O)[C@@H]2C[C@@H](O)CN2C(=O)[C@@H](n2cc(C3CCNCC3)nn2)C(C)(C)C)c(F)c1. The van der Waals surface area contributed by atoms with Crippen molar-refractivity contribution in [2.24, 2.45) is 5.41 Å². The number of halogens is 1. The van der Waals surface area contributed by atoms with Gasteiger partial charge in [0, 0.05) is 30.6 Å². The molecule has 10 nitrogen and oxygen atoms in total. The Morgan fingerprint density at radius 3 is 2.62 bits per heavy atom. The Morgan fingerprint density at radius 1 is 1.24 bits per heavy atom. The number of aryl methyl sites for hydroxylation is 1. The molecular formula is C30H40FN7O3S. The van der Waals surface area contributed by atoms with E-state index >= 15 is 4.39 Å². The summed E-state index contributed by atoms with van der Waals surface area (Å²) in [5.41, 5.74) is 3.95. The number of carbonyl (C=O) groups excluding carboxylic acids is 2. The molecule has 4 heterocycles. The number of nitrogens with zero attached hydrogens (tertiary/aromatic N) is 5. The van der Waals surface area contributed by atoms with Crippen molar-refractivity contribution < 1.29 is 19.1 Å². The average Bonchev–Trinajstić information content (AvgIpc) is 3.68. The zero-order chi connectivity index (χ0) is 30.2. The Balaban J connectivity index is 1.33. The summed E-state index contributed by atoms with van der Waals surface area (Å²) in [6.07, 6.45) is 3.03. The molecule has 0 saturated carbocycles. The predicted octanol–water partition coefficient (Wildman–Crippen LogP) is 3.74. The fraction of sp³-hybridized carbons (Fsp3) is 0.567. The van der Waals surface area contributed by atoms with E-state index in [1.54, 1.807) is 23.2 Å². The highest BCUT2D eigenvalue weighted by molar-refractivity contribution is 7.13. The van der Waals surface area contributed by atoms with Gasteiger partial charge in [0.1, 0.15) is 17.9 Å². The standard InChI is InChI=1S/C30H40FN7O3S/c1-17(22-7-6-20(12-23(22)31)26-18(2)33-16-42-26)34-28(40)25-13-21(39)14-37(25)29(41)27(30(3,4)5)38-15-24(35-36-38)19-8-10-32-11-9-19/h6-7,12,15-17,19,21,25,27,32,39H,8-11,13-14H2,1-5H3,(H,34,40)/t17-,21+,25-,27+/m0/s1. The van der Waals surface area contributed by atoms with Crippen LogP contribution >= 0.6 is 11.3 Å². The molecule has 1 aromatic carbocycles. The van der Waals surface area contributed by atoms with Gasteiger partial charge >= 0.3 is 0 Å². The highest BCUT2D eigenvalue weighted by Gasteiger charge is 2.45. The van der Waals surface area contributed by atoms with Crippen LogP contribution < -0.4 is 10.6 Å². The summed E-state index contributed by atoms with van der Waals surface area (Å²) < 4.78 is 16.8. The molecule has 3 aromatic rings. The second-order valence-corrected chi connectivity index (χ2v) is 13.4. The molecule has 3 N–H and O–H groups in total. The second kappa shape index (κ2) is 12.2. The molecule has 12 heteroatoms. The van der Waals surface area contributed by atoms with Crippen LogP contribution in [0.15, 0.2) is 29.9 Å². The highest BCUT2D eigenvalue weighted by Crippen LogP contribution is 2.36. The fourth-order valence-corrected chi connectivity index (χ4v) is 6.85. The number of β-amino-alcohol motifs (C(OH)–C–C–N with tert-alkyl or cyclic N) is 1. The first kappa shape index (κ1) is 30.2. The predicted molar refractivity (Wildman–Crippen MR) is 158 cm³/mol. The molecule has 0 unspecified atom stereocenters. The molecule has 5 rings (SSSR count). The number of thiazole rings is 1. The van der Waals surface area contributed by atoms with Gasteiger partial charge < -0.3 is 20.6 Å². The summed E-state index contributed by atoms with van der Waals surface area (Å²) in [6.45, 7) is 11.3. The van der Waals surface area contributed by atoms with Crippen molar-refractivity contribution in [1.82, 2.24) is 35.5 Å². The van der Waals surface area contributed by atoms with Crippen LogP contribution in [0.5, 0.6) is 0 Å². The number of piperidine rings is 1. The molecule has 42 heavy (non-hydrogen) atoms. The van der Waals surface area contributed by atoms with Gasteiger partial charge in [0.15, 0.2) is 0 Å². The first-order chi connectivity index (χ1) is 19.9. The number of likely N-dealkylation sites (tertiary alicyclic amines) is 1. The third-order valence-corrected chi connectivity index (χ3v) is 9.28. The topological polar surface area (TPSA) is 125 Å². The van der Waals surface area contributed by atoms with E-state index in [4.69, 9.17) is 0 Å². The third kappa shape index (κ3) is 6.25. The molecule has 0 bridgehead atoms. The highest BCUT2D eigenvalue weighted by atomic mass is 32.1. The van der Waals surface area contributed by atoms with Crippen LogP contribution in [0.1, 0.15) is 81.9 Å². The zero-order valence-electron chi connectivity index (χ0n) is 24.8.